The summed E-state index contributed by atoms with van der Waals surface area (Å²) in [6.07, 6.45) is 0. The third kappa shape index (κ3) is 2.40. The highest BCUT2D eigenvalue weighted by molar-refractivity contribution is 9.10. The van der Waals surface area contributed by atoms with Crippen LogP contribution in [0.1, 0.15) is 13.8 Å². The van der Waals surface area contributed by atoms with Gasteiger partial charge in [-0.3, -0.25) is 25.0 Å². The number of nitro benzene ring substituents is 1. The molecule has 9 heteroatoms. The molecule has 1 N–H and O–H groups in total. The number of carbonyl (C=O) groups is 3. The molecule has 1 heterocycles. The Morgan fingerprint density at radius 2 is 1.90 bits per heavy atom. The Hall–Kier alpha value is -2.29. The fourth-order valence-electron chi connectivity index (χ4n) is 1.78. The SMILES string of the molecule is CC1(C)C(=O)NC(=O)N(c2cc([N+](=O)[O-])ccc2Br)C1=O. The Morgan fingerprint density at radius 1 is 1.29 bits per heavy atom. The monoisotopic (exact) mass is 355 g/mol. The van der Waals surface area contributed by atoms with E-state index in [2.05, 4.69) is 21.2 Å². The highest BCUT2D eigenvalue weighted by Crippen LogP contribution is 2.35. The van der Waals surface area contributed by atoms with Gasteiger partial charge in [0, 0.05) is 16.6 Å². The van der Waals surface area contributed by atoms with Gasteiger partial charge in [0.15, 0.2) is 0 Å². The van der Waals surface area contributed by atoms with Crippen LogP contribution in [-0.4, -0.2) is 22.8 Å². The van der Waals surface area contributed by atoms with Gasteiger partial charge in [-0.2, -0.15) is 0 Å². The van der Waals surface area contributed by atoms with E-state index < -0.39 is 28.2 Å². The zero-order valence-corrected chi connectivity index (χ0v) is 12.6. The number of nitro groups is 1. The number of nitrogens with zero attached hydrogens (tertiary/aromatic N) is 2. The highest BCUT2D eigenvalue weighted by atomic mass is 79.9. The zero-order valence-electron chi connectivity index (χ0n) is 11.0. The summed E-state index contributed by atoms with van der Waals surface area (Å²) in [5, 5.41) is 12.9. The minimum Gasteiger partial charge on any atom is -0.276 e. The summed E-state index contributed by atoms with van der Waals surface area (Å²) >= 11 is 3.14. The molecule has 0 radical (unpaired) electrons. The molecule has 0 atom stereocenters. The molecule has 0 unspecified atom stereocenters. The largest absolute Gasteiger partial charge is 0.335 e. The molecule has 1 saturated heterocycles. The van der Waals surface area contributed by atoms with Crippen LogP contribution < -0.4 is 10.2 Å². The first-order chi connectivity index (χ1) is 9.66. The minimum atomic E-state index is -1.45. The van der Waals surface area contributed by atoms with Gasteiger partial charge in [-0.15, -0.1) is 0 Å². The lowest BCUT2D eigenvalue weighted by Gasteiger charge is -2.34. The van der Waals surface area contributed by atoms with Crippen LogP contribution >= 0.6 is 15.9 Å². The number of urea groups is 1. The molecule has 0 spiro atoms. The van der Waals surface area contributed by atoms with Crippen LogP contribution in [0, 0.1) is 15.5 Å². The predicted molar refractivity (Wildman–Crippen MR) is 75.6 cm³/mol. The number of barbiturate groups is 1. The number of rotatable bonds is 2. The van der Waals surface area contributed by atoms with E-state index in [0.29, 0.717) is 4.47 Å². The first-order valence-electron chi connectivity index (χ1n) is 5.80. The molecule has 1 aromatic carbocycles. The normalized spacial score (nSPS) is 17.7. The molecule has 110 valence electrons. The van der Waals surface area contributed by atoms with Gasteiger partial charge in [0.25, 0.3) is 5.69 Å². The maximum atomic E-state index is 12.4. The lowest BCUT2D eigenvalue weighted by molar-refractivity contribution is -0.384. The van der Waals surface area contributed by atoms with Gasteiger partial charge in [-0.05, 0) is 35.8 Å². The maximum Gasteiger partial charge on any atom is 0.335 e. The standard InChI is InChI=1S/C12H10BrN3O5/c1-12(2)9(17)14-11(19)15(10(12)18)8-5-6(16(20)21)3-4-7(8)13/h3-5H,1-2H3,(H,14,17,19). The van der Waals surface area contributed by atoms with E-state index in [9.17, 15) is 24.5 Å². The molecule has 1 aliphatic heterocycles. The van der Waals surface area contributed by atoms with Crippen LogP contribution in [0.3, 0.4) is 0 Å². The van der Waals surface area contributed by atoms with E-state index in [1.165, 1.54) is 26.0 Å². The van der Waals surface area contributed by atoms with Crippen LogP contribution in [0.4, 0.5) is 16.2 Å². The molecule has 8 nitrogen and oxygen atoms in total. The van der Waals surface area contributed by atoms with Crippen LogP contribution in [0.15, 0.2) is 22.7 Å². The van der Waals surface area contributed by atoms with E-state index in [4.69, 9.17) is 0 Å². The van der Waals surface area contributed by atoms with Gasteiger partial charge in [0.2, 0.25) is 11.8 Å². The Kier molecular flexibility index (Phi) is 3.54. The molecule has 21 heavy (non-hydrogen) atoms. The van der Waals surface area contributed by atoms with Crippen molar-refractivity contribution in [2.75, 3.05) is 4.90 Å². The number of imide groups is 2. The Labute approximate surface area is 127 Å². The van der Waals surface area contributed by atoms with Crippen LogP contribution in [-0.2, 0) is 9.59 Å². The van der Waals surface area contributed by atoms with Gasteiger partial charge < -0.3 is 0 Å². The van der Waals surface area contributed by atoms with Gasteiger partial charge in [0.05, 0.1) is 10.6 Å². The van der Waals surface area contributed by atoms with Crippen molar-refractivity contribution in [2.24, 2.45) is 5.41 Å². The average Bonchev–Trinajstić information content (AvgIpc) is 2.39. The van der Waals surface area contributed by atoms with Crippen LogP contribution in [0.25, 0.3) is 0 Å². The second-order valence-electron chi connectivity index (χ2n) is 4.92. The topological polar surface area (TPSA) is 110 Å². The first kappa shape index (κ1) is 15.1. The Balaban J connectivity index is 2.57. The highest BCUT2D eigenvalue weighted by Gasteiger charge is 2.48. The molecular weight excluding hydrogens is 346 g/mol. The number of nitrogens with one attached hydrogen (secondary N) is 1. The summed E-state index contributed by atoms with van der Waals surface area (Å²) in [6, 6.07) is 2.74. The fraction of sp³-hybridized carbons (Fsp3) is 0.250. The van der Waals surface area contributed by atoms with Gasteiger partial charge >= 0.3 is 6.03 Å². The maximum absolute atomic E-state index is 12.4. The van der Waals surface area contributed by atoms with E-state index in [0.717, 1.165) is 11.0 Å². The lowest BCUT2D eigenvalue weighted by Crippen LogP contribution is -2.62. The number of benzene rings is 1. The number of amides is 4. The molecule has 2 rings (SSSR count). The smallest absolute Gasteiger partial charge is 0.276 e. The van der Waals surface area contributed by atoms with Crippen molar-refractivity contribution in [3.8, 4) is 0 Å². The number of non-ortho nitro benzene ring substituents is 1. The van der Waals surface area contributed by atoms with Gasteiger partial charge in [-0.25, -0.2) is 9.69 Å². The molecule has 1 fully saturated rings. The molecule has 0 aromatic heterocycles. The third-order valence-electron chi connectivity index (χ3n) is 3.11. The number of hydrogen-bond donors (Lipinski definition) is 1. The van der Waals surface area contributed by atoms with Crippen molar-refractivity contribution in [1.29, 1.82) is 0 Å². The quantitative estimate of drug-likeness (QED) is 0.495. The summed E-state index contributed by atoms with van der Waals surface area (Å²) in [5.41, 5.74) is -1.71. The van der Waals surface area contributed by atoms with Crippen LogP contribution in [0.2, 0.25) is 0 Å². The van der Waals surface area contributed by atoms with Crippen molar-refractivity contribution in [1.82, 2.24) is 5.32 Å². The second-order valence-corrected chi connectivity index (χ2v) is 5.77. The predicted octanol–water partition coefficient (Wildman–Crippen LogP) is 1.97. The molecule has 1 aromatic rings. The van der Waals surface area contributed by atoms with Crippen LogP contribution in [0.5, 0.6) is 0 Å². The van der Waals surface area contributed by atoms with E-state index in [1.807, 2.05) is 0 Å². The van der Waals surface area contributed by atoms with E-state index >= 15 is 0 Å². The number of halogens is 1. The molecule has 0 saturated carbocycles. The number of carbonyl (C=O) groups excluding carboxylic acids is 3. The Bertz CT molecular complexity index is 685. The molecule has 0 bridgehead atoms. The number of anilines is 1. The second kappa shape index (κ2) is 4.92. The van der Waals surface area contributed by atoms with E-state index in [1.54, 1.807) is 0 Å². The Morgan fingerprint density at radius 3 is 2.48 bits per heavy atom. The summed E-state index contributed by atoms with van der Waals surface area (Å²) in [4.78, 5) is 46.9. The van der Waals surface area contributed by atoms with E-state index in [-0.39, 0.29) is 11.4 Å². The molecular formula is C12H10BrN3O5. The number of hydrogen-bond acceptors (Lipinski definition) is 5. The van der Waals surface area contributed by atoms with Crippen molar-refractivity contribution >= 4 is 45.2 Å². The molecule has 1 aliphatic rings. The van der Waals surface area contributed by atoms with Gasteiger partial charge in [0.1, 0.15) is 5.41 Å². The van der Waals surface area contributed by atoms with Crippen molar-refractivity contribution in [3.63, 3.8) is 0 Å². The zero-order chi connectivity index (χ0) is 15.9. The average molecular weight is 356 g/mol. The van der Waals surface area contributed by atoms with Crippen molar-refractivity contribution in [3.05, 3.63) is 32.8 Å². The first-order valence-corrected chi connectivity index (χ1v) is 6.59. The minimum absolute atomic E-state index is 0.00674. The molecule has 0 aliphatic carbocycles. The van der Waals surface area contributed by atoms with Crippen molar-refractivity contribution in [2.45, 2.75) is 13.8 Å². The third-order valence-corrected chi connectivity index (χ3v) is 3.78. The summed E-state index contributed by atoms with van der Waals surface area (Å²) in [6.45, 7) is 2.74. The lowest BCUT2D eigenvalue weighted by atomic mass is 9.88. The summed E-state index contributed by atoms with van der Waals surface area (Å²) in [5.74, 6) is -1.47. The summed E-state index contributed by atoms with van der Waals surface area (Å²) < 4.78 is 0.321. The fourth-order valence-corrected chi connectivity index (χ4v) is 2.21. The van der Waals surface area contributed by atoms with Gasteiger partial charge in [-0.1, -0.05) is 0 Å². The molecule has 4 amide bonds. The van der Waals surface area contributed by atoms with Crippen molar-refractivity contribution < 1.29 is 19.3 Å². The summed E-state index contributed by atoms with van der Waals surface area (Å²) in [7, 11) is 0.